The van der Waals surface area contributed by atoms with Gasteiger partial charge in [0, 0.05) is 21.7 Å². The third kappa shape index (κ3) is 2.03. The first-order valence-electron chi connectivity index (χ1n) is 7.43. The number of rotatable bonds is 1. The van der Waals surface area contributed by atoms with Gasteiger partial charge in [-0.2, -0.15) is 0 Å². The summed E-state index contributed by atoms with van der Waals surface area (Å²) in [6, 6.07) is 10.4. The SMILES string of the molecule is Cc1cc2c(cc1C)C(=O)c1c(-c3ccc(Cl)cc3)noc1C2=O. The predicted molar refractivity (Wildman–Crippen MR) is 89.7 cm³/mol. The van der Waals surface area contributed by atoms with Crippen LogP contribution in [0.25, 0.3) is 11.3 Å². The Morgan fingerprint density at radius 2 is 1.50 bits per heavy atom. The molecule has 0 amide bonds. The molecule has 0 aliphatic heterocycles. The molecule has 0 saturated carbocycles. The number of ketones is 2. The molecule has 4 nitrogen and oxygen atoms in total. The van der Waals surface area contributed by atoms with E-state index in [4.69, 9.17) is 16.1 Å². The molecule has 0 fully saturated rings. The lowest BCUT2D eigenvalue weighted by molar-refractivity contribution is 0.0955. The summed E-state index contributed by atoms with van der Waals surface area (Å²) >= 11 is 5.90. The summed E-state index contributed by atoms with van der Waals surface area (Å²) in [6.07, 6.45) is 0. The number of nitrogens with zero attached hydrogens (tertiary/aromatic N) is 1. The first kappa shape index (κ1) is 14.8. The fourth-order valence-corrected chi connectivity index (χ4v) is 3.04. The van der Waals surface area contributed by atoms with Crippen LogP contribution in [0.15, 0.2) is 40.9 Å². The van der Waals surface area contributed by atoms with Crippen LogP contribution in [0, 0.1) is 13.8 Å². The molecule has 0 atom stereocenters. The second-order valence-corrected chi connectivity index (χ2v) is 6.32. The van der Waals surface area contributed by atoms with Crippen molar-refractivity contribution in [2.45, 2.75) is 13.8 Å². The van der Waals surface area contributed by atoms with Crippen molar-refractivity contribution in [1.82, 2.24) is 5.16 Å². The minimum absolute atomic E-state index is 0.000651. The maximum absolute atomic E-state index is 13.0. The van der Waals surface area contributed by atoms with E-state index >= 15 is 0 Å². The second-order valence-electron chi connectivity index (χ2n) is 5.88. The molecule has 3 aromatic rings. The highest BCUT2D eigenvalue weighted by atomic mass is 35.5. The molecule has 1 heterocycles. The van der Waals surface area contributed by atoms with Gasteiger partial charge in [-0.15, -0.1) is 0 Å². The molecule has 0 spiro atoms. The zero-order valence-corrected chi connectivity index (χ0v) is 13.8. The van der Waals surface area contributed by atoms with Crippen LogP contribution in [0.1, 0.15) is 43.2 Å². The van der Waals surface area contributed by atoms with Crippen molar-refractivity contribution in [2.75, 3.05) is 0 Å². The summed E-state index contributed by atoms with van der Waals surface area (Å²) in [5.74, 6) is -0.551. The Morgan fingerprint density at radius 3 is 2.12 bits per heavy atom. The van der Waals surface area contributed by atoms with Crippen LogP contribution in [0.2, 0.25) is 5.02 Å². The summed E-state index contributed by atoms with van der Waals surface area (Å²) < 4.78 is 5.23. The molecule has 0 unspecified atom stereocenters. The van der Waals surface area contributed by atoms with Gasteiger partial charge >= 0.3 is 0 Å². The van der Waals surface area contributed by atoms with Crippen LogP contribution in [0.5, 0.6) is 0 Å². The molecule has 118 valence electrons. The van der Waals surface area contributed by atoms with Gasteiger partial charge in [0.05, 0.1) is 0 Å². The zero-order chi connectivity index (χ0) is 17.0. The molecular formula is C19H12ClNO3. The third-order valence-corrected chi connectivity index (χ3v) is 4.62. The lowest BCUT2D eigenvalue weighted by Crippen LogP contribution is -2.20. The highest BCUT2D eigenvalue weighted by Gasteiger charge is 2.37. The van der Waals surface area contributed by atoms with E-state index in [2.05, 4.69) is 5.16 Å². The zero-order valence-electron chi connectivity index (χ0n) is 13.0. The number of hydrogen-bond acceptors (Lipinski definition) is 4. The largest absolute Gasteiger partial charge is 0.351 e. The highest BCUT2D eigenvalue weighted by Crippen LogP contribution is 2.35. The fraction of sp³-hybridized carbons (Fsp3) is 0.105. The van der Waals surface area contributed by atoms with Crippen molar-refractivity contribution >= 4 is 23.2 Å². The smallest absolute Gasteiger partial charge is 0.232 e. The number of benzene rings is 2. The van der Waals surface area contributed by atoms with Crippen LogP contribution in [-0.2, 0) is 0 Å². The van der Waals surface area contributed by atoms with Gasteiger partial charge in [0.2, 0.25) is 11.5 Å². The van der Waals surface area contributed by atoms with E-state index in [1.165, 1.54) is 0 Å². The van der Waals surface area contributed by atoms with Crippen LogP contribution in [-0.4, -0.2) is 16.7 Å². The number of aromatic nitrogens is 1. The van der Waals surface area contributed by atoms with E-state index in [0.29, 0.717) is 27.4 Å². The minimum atomic E-state index is -0.310. The molecule has 5 heteroatoms. The summed E-state index contributed by atoms with van der Waals surface area (Å²) in [7, 11) is 0. The Labute approximate surface area is 143 Å². The summed E-state index contributed by atoms with van der Waals surface area (Å²) in [4.78, 5) is 25.7. The van der Waals surface area contributed by atoms with Gasteiger partial charge < -0.3 is 4.52 Å². The van der Waals surface area contributed by atoms with Crippen LogP contribution < -0.4 is 0 Å². The van der Waals surface area contributed by atoms with Crippen molar-refractivity contribution < 1.29 is 14.1 Å². The number of halogens is 1. The van der Waals surface area contributed by atoms with Crippen LogP contribution in [0.3, 0.4) is 0 Å². The molecule has 1 aliphatic rings. The maximum atomic E-state index is 13.0. The Bertz CT molecular complexity index is 1020. The van der Waals surface area contributed by atoms with Gasteiger partial charge in [-0.05, 0) is 49.2 Å². The van der Waals surface area contributed by atoms with Gasteiger partial charge in [-0.3, -0.25) is 9.59 Å². The van der Waals surface area contributed by atoms with Gasteiger partial charge in [0.1, 0.15) is 11.3 Å². The van der Waals surface area contributed by atoms with Gasteiger partial charge in [0.25, 0.3) is 0 Å². The monoisotopic (exact) mass is 337 g/mol. The molecule has 1 aromatic heterocycles. The lowest BCUT2D eigenvalue weighted by Gasteiger charge is -2.15. The molecule has 0 radical (unpaired) electrons. The second kappa shape index (κ2) is 5.14. The Morgan fingerprint density at radius 1 is 0.917 bits per heavy atom. The predicted octanol–water partition coefficient (Wildman–Crippen LogP) is 4.39. The Balaban J connectivity index is 1.94. The highest BCUT2D eigenvalue weighted by molar-refractivity contribution is 6.31. The maximum Gasteiger partial charge on any atom is 0.232 e. The standard InChI is InChI=1S/C19H12ClNO3/c1-9-7-13-14(8-10(9)2)18(23)19-15(17(13)22)16(21-24-19)11-3-5-12(20)6-4-11/h3-8H,1-2H3. The number of hydrogen-bond donors (Lipinski definition) is 0. The Kier molecular flexibility index (Phi) is 3.18. The molecule has 0 N–H and O–H groups in total. The normalized spacial score (nSPS) is 13.0. The van der Waals surface area contributed by atoms with Crippen LogP contribution >= 0.6 is 11.6 Å². The van der Waals surface area contributed by atoms with E-state index in [1.807, 2.05) is 13.8 Å². The molecule has 4 rings (SSSR count). The van der Waals surface area contributed by atoms with E-state index in [1.54, 1.807) is 36.4 Å². The van der Waals surface area contributed by atoms with Crippen molar-refractivity contribution in [3.63, 3.8) is 0 Å². The van der Waals surface area contributed by atoms with Gasteiger partial charge in [-0.25, -0.2) is 0 Å². The topological polar surface area (TPSA) is 60.2 Å². The van der Waals surface area contributed by atoms with Crippen molar-refractivity contribution in [3.05, 3.63) is 75.0 Å². The number of aryl methyl sites for hydroxylation is 2. The number of carbonyl (C=O) groups is 2. The first-order chi connectivity index (χ1) is 11.5. The summed E-state index contributed by atoms with van der Waals surface area (Å²) in [6.45, 7) is 3.82. The van der Waals surface area contributed by atoms with Gasteiger partial charge in [-0.1, -0.05) is 28.9 Å². The van der Waals surface area contributed by atoms with Crippen molar-refractivity contribution in [2.24, 2.45) is 0 Å². The molecular weight excluding hydrogens is 326 g/mol. The van der Waals surface area contributed by atoms with Crippen molar-refractivity contribution in [3.8, 4) is 11.3 Å². The van der Waals surface area contributed by atoms with Crippen LogP contribution in [0.4, 0.5) is 0 Å². The van der Waals surface area contributed by atoms with E-state index < -0.39 is 0 Å². The Hall–Kier alpha value is -2.72. The average Bonchev–Trinajstić information content (AvgIpc) is 3.00. The van der Waals surface area contributed by atoms with E-state index in [-0.39, 0.29) is 22.9 Å². The average molecular weight is 338 g/mol. The minimum Gasteiger partial charge on any atom is -0.351 e. The first-order valence-corrected chi connectivity index (χ1v) is 7.81. The number of fused-ring (bicyclic) bond motifs is 2. The number of carbonyl (C=O) groups excluding carboxylic acids is 2. The van der Waals surface area contributed by atoms with Crippen molar-refractivity contribution in [1.29, 1.82) is 0 Å². The fourth-order valence-electron chi connectivity index (χ4n) is 2.91. The summed E-state index contributed by atoms with van der Waals surface area (Å²) in [5.41, 5.74) is 3.95. The van der Waals surface area contributed by atoms with E-state index in [9.17, 15) is 9.59 Å². The molecule has 0 saturated heterocycles. The lowest BCUT2D eigenvalue weighted by atomic mass is 9.84. The molecule has 24 heavy (non-hydrogen) atoms. The quantitative estimate of drug-likeness (QED) is 0.517. The summed E-state index contributed by atoms with van der Waals surface area (Å²) in [5, 5.41) is 4.55. The molecule has 0 bridgehead atoms. The molecule has 2 aromatic carbocycles. The third-order valence-electron chi connectivity index (χ3n) is 4.37. The van der Waals surface area contributed by atoms with E-state index in [0.717, 1.165) is 11.1 Å². The van der Waals surface area contributed by atoms with Gasteiger partial charge in [0.15, 0.2) is 5.78 Å². The molecule has 1 aliphatic carbocycles.